The van der Waals surface area contributed by atoms with E-state index in [1.54, 1.807) is 0 Å². The van der Waals surface area contributed by atoms with Gasteiger partial charge in [-0.1, -0.05) is 26.0 Å². The molecule has 0 saturated heterocycles. The molecule has 0 amide bonds. The molecule has 0 aromatic carbocycles. The summed E-state index contributed by atoms with van der Waals surface area (Å²) in [5, 5.41) is 0. The number of halogens is 1. The SMILES string of the molecule is C[C@]12CCC(=O)C(N)=C1C=C[C@@H]1[C@@H]2CC[C@]2(C)C(=O)CC[C@@H]12.Cl. The van der Waals surface area contributed by atoms with E-state index >= 15 is 0 Å². The molecular weight excluding hydrogens is 310 g/mol. The van der Waals surface area contributed by atoms with Gasteiger partial charge in [-0.05, 0) is 54.4 Å². The molecule has 0 heterocycles. The molecule has 0 radical (unpaired) electrons. The largest absolute Gasteiger partial charge is 0.396 e. The third-order valence-corrected chi connectivity index (χ3v) is 7.42. The van der Waals surface area contributed by atoms with Crippen LogP contribution in [0.15, 0.2) is 23.4 Å². The van der Waals surface area contributed by atoms with Gasteiger partial charge in [0.05, 0.1) is 5.70 Å². The summed E-state index contributed by atoms with van der Waals surface area (Å²) in [6.07, 6.45) is 9.73. The Labute approximate surface area is 144 Å². The quantitative estimate of drug-likeness (QED) is 0.736. The molecule has 0 unspecified atom stereocenters. The predicted octanol–water partition coefficient (Wildman–Crippen LogP) is 3.57. The molecule has 126 valence electrons. The van der Waals surface area contributed by atoms with Crippen molar-refractivity contribution >= 4 is 24.0 Å². The summed E-state index contributed by atoms with van der Waals surface area (Å²) in [5.74, 6) is 2.05. The number of carbonyl (C=O) groups excluding carboxylic acids is 2. The summed E-state index contributed by atoms with van der Waals surface area (Å²) >= 11 is 0. The van der Waals surface area contributed by atoms with Crippen LogP contribution in [-0.4, -0.2) is 11.6 Å². The minimum atomic E-state index is -0.112. The number of hydrogen-bond donors (Lipinski definition) is 1. The monoisotopic (exact) mass is 335 g/mol. The predicted molar refractivity (Wildman–Crippen MR) is 92.0 cm³/mol. The highest BCUT2D eigenvalue weighted by atomic mass is 35.5. The number of allylic oxidation sites excluding steroid dienone is 4. The molecule has 4 heteroatoms. The van der Waals surface area contributed by atoms with Crippen molar-refractivity contribution in [3.8, 4) is 0 Å². The molecule has 0 aromatic rings. The Bertz CT molecular complexity index is 637. The van der Waals surface area contributed by atoms with E-state index in [-0.39, 0.29) is 29.0 Å². The molecule has 4 aliphatic carbocycles. The van der Waals surface area contributed by atoms with Crippen LogP contribution in [0.2, 0.25) is 0 Å². The highest BCUT2D eigenvalue weighted by molar-refractivity contribution is 5.97. The molecular formula is C19H26ClNO2. The van der Waals surface area contributed by atoms with Crippen LogP contribution in [0.25, 0.3) is 0 Å². The van der Waals surface area contributed by atoms with Gasteiger partial charge >= 0.3 is 0 Å². The van der Waals surface area contributed by atoms with E-state index in [4.69, 9.17) is 5.73 Å². The molecule has 0 bridgehead atoms. The Morgan fingerprint density at radius 3 is 2.48 bits per heavy atom. The third kappa shape index (κ3) is 2.02. The smallest absolute Gasteiger partial charge is 0.178 e. The van der Waals surface area contributed by atoms with Crippen LogP contribution in [0, 0.1) is 28.6 Å². The fourth-order valence-electron chi connectivity index (χ4n) is 5.95. The lowest BCUT2D eigenvalue weighted by Crippen LogP contribution is -2.50. The van der Waals surface area contributed by atoms with Crippen LogP contribution >= 0.6 is 12.4 Å². The Balaban J connectivity index is 0.00000156. The maximum Gasteiger partial charge on any atom is 0.178 e. The summed E-state index contributed by atoms with van der Waals surface area (Å²) in [6.45, 7) is 4.48. The van der Waals surface area contributed by atoms with Crippen molar-refractivity contribution in [1.29, 1.82) is 0 Å². The molecule has 0 aliphatic heterocycles. The first-order valence-electron chi connectivity index (χ1n) is 8.63. The Morgan fingerprint density at radius 2 is 1.74 bits per heavy atom. The van der Waals surface area contributed by atoms with Gasteiger partial charge in [-0.3, -0.25) is 9.59 Å². The number of carbonyl (C=O) groups is 2. The second-order valence-electron chi connectivity index (χ2n) is 8.24. The van der Waals surface area contributed by atoms with Crippen LogP contribution in [-0.2, 0) is 9.59 Å². The van der Waals surface area contributed by atoms with Crippen LogP contribution in [0.3, 0.4) is 0 Å². The van der Waals surface area contributed by atoms with E-state index in [1.165, 1.54) is 0 Å². The minimum absolute atomic E-state index is 0. The van der Waals surface area contributed by atoms with Crippen LogP contribution in [0.5, 0.6) is 0 Å². The van der Waals surface area contributed by atoms with Gasteiger partial charge in [0.15, 0.2) is 5.78 Å². The number of fused-ring (bicyclic) bond motifs is 5. The standard InChI is InChI=1S/C19H25NO2.ClH/c1-18-10-8-15(21)17(20)14(18)4-3-11-12-5-6-16(22)19(12,2)9-7-13(11)18;/h3-4,11-13H,5-10,20H2,1-2H3;1H/t11-,12-,13-,18+,19-;/m0./s1. The molecule has 23 heavy (non-hydrogen) atoms. The van der Waals surface area contributed by atoms with Gasteiger partial charge in [-0.2, -0.15) is 0 Å². The molecule has 2 N–H and O–H groups in total. The zero-order valence-corrected chi connectivity index (χ0v) is 14.7. The van der Waals surface area contributed by atoms with E-state index in [0.29, 0.717) is 35.7 Å². The average Bonchev–Trinajstić information content (AvgIpc) is 2.79. The maximum absolute atomic E-state index is 12.4. The van der Waals surface area contributed by atoms with Gasteiger partial charge in [0.2, 0.25) is 0 Å². The van der Waals surface area contributed by atoms with E-state index < -0.39 is 0 Å². The normalized spacial score (nSPS) is 45.2. The van der Waals surface area contributed by atoms with Crippen molar-refractivity contribution in [3.63, 3.8) is 0 Å². The summed E-state index contributed by atoms with van der Waals surface area (Å²) in [5.41, 5.74) is 7.58. The molecule has 0 spiro atoms. The Kier molecular flexibility index (Phi) is 3.79. The van der Waals surface area contributed by atoms with Crippen molar-refractivity contribution in [2.75, 3.05) is 0 Å². The topological polar surface area (TPSA) is 60.2 Å². The van der Waals surface area contributed by atoms with Gasteiger partial charge in [-0.25, -0.2) is 0 Å². The fourth-order valence-corrected chi connectivity index (χ4v) is 5.95. The van der Waals surface area contributed by atoms with E-state index in [1.807, 2.05) is 0 Å². The second kappa shape index (κ2) is 5.20. The molecule has 2 saturated carbocycles. The summed E-state index contributed by atoms with van der Waals surface area (Å²) in [6, 6.07) is 0. The van der Waals surface area contributed by atoms with Gasteiger partial charge in [-0.15, -0.1) is 12.4 Å². The summed E-state index contributed by atoms with van der Waals surface area (Å²) < 4.78 is 0. The number of rotatable bonds is 0. The summed E-state index contributed by atoms with van der Waals surface area (Å²) in [7, 11) is 0. The molecule has 4 aliphatic rings. The van der Waals surface area contributed by atoms with Gasteiger partial charge < -0.3 is 5.73 Å². The molecule has 2 fully saturated rings. The van der Waals surface area contributed by atoms with Crippen molar-refractivity contribution in [1.82, 2.24) is 0 Å². The highest BCUT2D eigenvalue weighted by Crippen LogP contribution is 2.62. The fraction of sp³-hybridized carbons (Fsp3) is 0.684. The first kappa shape index (κ1) is 16.8. The van der Waals surface area contributed by atoms with Gasteiger partial charge in [0, 0.05) is 18.3 Å². The number of Topliss-reactive ketones (excluding diaryl/α,β-unsaturated/α-hetero) is 2. The van der Waals surface area contributed by atoms with Crippen molar-refractivity contribution in [2.45, 2.75) is 52.4 Å². The first-order chi connectivity index (χ1) is 10.4. The van der Waals surface area contributed by atoms with E-state index in [2.05, 4.69) is 26.0 Å². The summed E-state index contributed by atoms with van der Waals surface area (Å²) in [4.78, 5) is 24.3. The molecule has 0 aromatic heterocycles. The van der Waals surface area contributed by atoms with Gasteiger partial charge in [0.1, 0.15) is 5.78 Å². The lowest BCUT2D eigenvalue weighted by Gasteiger charge is -2.54. The average molecular weight is 336 g/mol. The Morgan fingerprint density at radius 1 is 1.04 bits per heavy atom. The van der Waals surface area contributed by atoms with Crippen LogP contribution < -0.4 is 5.73 Å². The number of hydrogen-bond acceptors (Lipinski definition) is 3. The highest BCUT2D eigenvalue weighted by Gasteiger charge is 2.58. The lowest BCUT2D eigenvalue weighted by molar-refractivity contribution is -0.130. The van der Waals surface area contributed by atoms with Crippen molar-refractivity contribution in [2.24, 2.45) is 34.3 Å². The van der Waals surface area contributed by atoms with Crippen molar-refractivity contribution in [3.05, 3.63) is 23.4 Å². The van der Waals surface area contributed by atoms with Crippen LogP contribution in [0.1, 0.15) is 52.4 Å². The zero-order valence-electron chi connectivity index (χ0n) is 13.9. The maximum atomic E-state index is 12.4. The van der Waals surface area contributed by atoms with E-state index in [0.717, 1.165) is 37.7 Å². The van der Waals surface area contributed by atoms with Crippen LogP contribution in [0.4, 0.5) is 0 Å². The lowest BCUT2D eigenvalue weighted by atomic mass is 9.49. The first-order valence-corrected chi connectivity index (χ1v) is 8.63. The minimum Gasteiger partial charge on any atom is -0.396 e. The zero-order chi connectivity index (χ0) is 15.7. The molecule has 3 nitrogen and oxygen atoms in total. The van der Waals surface area contributed by atoms with Crippen molar-refractivity contribution < 1.29 is 9.59 Å². The Hall–Kier alpha value is -1.09. The number of nitrogens with two attached hydrogens (primary N) is 1. The third-order valence-electron chi connectivity index (χ3n) is 7.42. The van der Waals surface area contributed by atoms with E-state index in [9.17, 15) is 9.59 Å². The molecule has 4 rings (SSSR count). The number of ketones is 2. The van der Waals surface area contributed by atoms with Gasteiger partial charge in [0.25, 0.3) is 0 Å². The molecule has 5 atom stereocenters. The second-order valence-corrected chi connectivity index (χ2v) is 8.24.